The van der Waals surface area contributed by atoms with Gasteiger partial charge in [0.1, 0.15) is 0 Å². The van der Waals surface area contributed by atoms with E-state index in [0.717, 1.165) is 66.3 Å². The number of nitrogens with two attached hydrogens (primary N) is 1. The van der Waals surface area contributed by atoms with E-state index in [1.165, 1.54) is 12.8 Å². The number of fused-ring (bicyclic) bond motifs is 2. The van der Waals surface area contributed by atoms with E-state index < -0.39 is 10.0 Å². The summed E-state index contributed by atoms with van der Waals surface area (Å²) in [7, 11) is -3.57. The maximum Gasteiger partial charge on any atom is 0.243 e. The standard InChI is InChI=1S/C31H40N8O2S.2ClH/c32-23-10-12-24(13-11-23)35-31-36-29(28-30(37-31)39(20-33-28)26-7-3-4-8-26)34-25-15-17-38(18-16-25)42(40,41)27-14-9-21-5-1-2-6-22(21)19-27;;/h1-2,5-6,9,14,19-20,23-26H,3-4,7-8,10-13,15-18,32H2,(H2,34,35,36,37);2*1H/t23-,24-;;. The van der Waals surface area contributed by atoms with Crippen LogP contribution in [-0.2, 0) is 10.0 Å². The third-order valence-corrected chi connectivity index (χ3v) is 11.3. The fourth-order valence-corrected chi connectivity index (χ4v) is 8.39. The zero-order valence-corrected chi connectivity index (χ0v) is 27.2. The molecular weight excluding hydrogens is 619 g/mol. The molecule has 4 N–H and O–H groups in total. The number of nitrogens with one attached hydrogen (secondary N) is 2. The van der Waals surface area contributed by atoms with Gasteiger partial charge in [0.05, 0.1) is 11.2 Å². The summed E-state index contributed by atoms with van der Waals surface area (Å²) in [6.45, 7) is 0.899. The second-order valence-electron chi connectivity index (χ2n) is 12.2. The van der Waals surface area contributed by atoms with Gasteiger partial charge in [-0.15, -0.1) is 24.8 Å². The molecule has 44 heavy (non-hydrogen) atoms. The summed E-state index contributed by atoms with van der Waals surface area (Å²) in [5.74, 6) is 1.35. The quantitative estimate of drug-likeness (QED) is 0.224. The van der Waals surface area contributed by atoms with E-state index in [1.54, 1.807) is 16.4 Å². The van der Waals surface area contributed by atoms with Gasteiger partial charge in [-0.2, -0.15) is 14.3 Å². The van der Waals surface area contributed by atoms with E-state index in [9.17, 15) is 8.42 Å². The number of sulfonamides is 1. The van der Waals surface area contributed by atoms with Crippen molar-refractivity contribution in [1.29, 1.82) is 0 Å². The van der Waals surface area contributed by atoms with Gasteiger partial charge in [0.25, 0.3) is 0 Å². The van der Waals surface area contributed by atoms with Gasteiger partial charge >= 0.3 is 0 Å². The Labute approximate surface area is 271 Å². The number of rotatable bonds is 7. The van der Waals surface area contributed by atoms with Crippen LogP contribution in [0.3, 0.4) is 0 Å². The lowest BCUT2D eigenvalue weighted by molar-refractivity contribution is 0.329. The molecule has 3 heterocycles. The van der Waals surface area contributed by atoms with E-state index >= 15 is 0 Å². The topological polar surface area (TPSA) is 131 Å². The van der Waals surface area contributed by atoms with Crippen molar-refractivity contribution in [1.82, 2.24) is 23.8 Å². The van der Waals surface area contributed by atoms with Gasteiger partial charge in [0.15, 0.2) is 17.0 Å². The Kier molecular flexibility index (Phi) is 10.2. The second-order valence-corrected chi connectivity index (χ2v) is 14.2. The Morgan fingerprint density at radius 2 is 1.48 bits per heavy atom. The molecule has 0 amide bonds. The van der Waals surface area contributed by atoms with Crippen LogP contribution < -0.4 is 16.4 Å². The number of aromatic nitrogens is 4. The van der Waals surface area contributed by atoms with E-state index in [-0.39, 0.29) is 36.9 Å². The molecule has 7 rings (SSSR count). The molecule has 238 valence electrons. The van der Waals surface area contributed by atoms with Gasteiger partial charge in [-0.25, -0.2) is 13.4 Å². The van der Waals surface area contributed by atoms with Gasteiger partial charge in [0.2, 0.25) is 16.0 Å². The van der Waals surface area contributed by atoms with Crippen LogP contribution in [0.1, 0.15) is 70.3 Å². The van der Waals surface area contributed by atoms with Crippen molar-refractivity contribution in [3.63, 3.8) is 0 Å². The van der Waals surface area contributed by atoms with Gasteiger partial charge in [-0.05, 0) is 74.3 Å². The number of hydrogen-bond acceptors (Lipinski definition) is 8. The monoisotopic (exact) mass is 660 g/mol. The van der Waals surface area contributed by atoms with Crippen molar-refractivity contribution in [3.05, 3.63) is 48.8 Å². The van der Waals surface area contributed by atoms with E-state index in [4.69, 9.17) is 20.7 Å². The van der Waals surface area contributed by atoms with Gasteiger partial charge in [-0.1, -0.05) is 43.2 Å². The van der Waals surface area contributed by atoms with Crippen LogP contribution in [0.5, 0.6) is 0 Å². The van der Waals surface area contributed by atoms with Crippen molar-refractivity contribution in [3.8, 4) is 0 Å². The molecule has 2 aliphatic carbocycles. The summed E-state index contributed by atoms with van der Waals surface area (Å²) < 4.78 is 30.9. The Morgan fingerprint density at radius 1 is 0.795 bits per heavy atom. The normalized spacial score (nSPS) is 22.0. The minimum Gasteiger partial charge on any atom is -0.365 e. The minimum absolute atomic E-state index is 0. The molecule has 0 spiro atoms. The summed E-state index contributed by atoms with van der Waals surface area (Å²) >= 11 is 0. The Balaban J connectivity index is 0.00000192. The molecule has 4 aromatic rings. The maximum atomic E-state index is 13.5. The Hall–Kier alpha value is -2.70. The van der Waals surface area contributed by atoms with Crippen LogP contribution in [0.25, 0.3) is 21.9 Å². The van der Waals surface area contributed by atoms with Crippen LogP contribution in [0.4, 0.5) is 11.8 Å². The predicted octanol–water partition coefficient (Wildman–Crippen LogP) is 5.89. The number of benzene rings is 2. The number of anilines is 2. The average molecular weight is 662 g/mol. The van der Waals surface area contributed by atoms with Crippen molar-refractivity contribution < 1.29 is 8.42 Å². The first kappa shape index (κ1) is 32.7. The molecule has 0 atom stereocenters. The lowest BCUT2D eigenvalue weighted by Crippen LogP contribution is -2.42. The Bertz CT molecular complexity index is 1680. The van der Waals surface area contributed by atoms with Crippen molar-refractivity contribution in [2.75, 3.05) is 23.7 Å². The third kappa shape index (κ3) is 6.62. The van der Waals surface area contributed by atoms with Crippen LogP contribution >= 0.6 is 24.8 Å². The molecule has 1 aliphatic heterocycles. The molecule has 2 aromatic heterocycles. The third-order valence-electron chi connectivity index (χ3n) is 9.40. The lowest BCUT2D eigenvalue weighted by atomic mass is 9.92. The largest absolute Gasteiger partial charge is 0.365 e. The summed E-state index contributed by atoms with van der Waals surface area (Å²) in [5, 5.41) is 9.20. The zero-order chi connectivity index (χ0) is 28.7. The number of halogens is 2. The molecule has 3 fully saturated rings. The average Bonchev–Trinajstić information content (AvgIpc) is 3.69. The van der Waals surface area contributed by atoms with E-state index in [1.807, 2.05) is 36.7 Å². The molecule has 2 saturated carbocycles. The molecule has 2 aromatic carbocycles. The minimum atomic E-state index is -3.57. The molecule has 10 nitrogen and oxygen atoms in total. The SMILES string of the molecule is Cl.Cl.N[C@H]1CC[C@H](Nc2nc(NC3CCN(S(=O)(=O)c4ccc5ccccc5c4)CC3)c3ncn(C4CCCC4)c3n2)CC1. The number of piperidine rings is 1. The molecule has 0 bridgehead atoms. The molecule has 0 unspecified atom stereocenters. The molecule has 1 saturated heterocycles. The van der Waals surface area contributed by atoms with Gasteiger partial charge in [-0.3, -0.25) is 0 Å². The Morgan fingerprint density at radius 3 is 2.20 bits per heavy atom. The van der Waals surface area contributed by atoms with Crippen molar-refractivity contribution in [2.24, 2.45) is 5.73 Å². The first-order valence-electron chi connectivity index (χ1n) is 15.5. The first-order chi connectivity index (χ1) is 20.4. The van der Waals surface area contributed by atoms with E-state index in [2.05, 4.69) is 15.2 Å². The van der Waals surface area contributed by atoms with Crippen LogP contribution in [0, 0.1) is 0 Å². The fraction of sp³-hybridized carbons (Fsp3) is 0.516. The van der Waals surface area contributed by atoms with Crippen LogP contribution in [0.15, 0.2) is 53.7 Å². The van der Waals surface area contributed by atoms with Gasteiger partial charge in [0, 0.05) is 37.3 Å². The number of hydrogen-bond donors (Lipinski definition) is 3. The molecule has 13 heteroatoms. The summed E-state index contributed by atoms with van der Waals surface area (Å²) in [6.07, 6.45) is 12.1. The lowest BCUT2D eigenvalue weighted by Gasteiger charge is -2.32. The highest BCUT2D eigenvalue weighted by Crippen LogP contribution is 2.34. The number of imidazole rings is 1. The van der Waals surface area contributed by atoms with Crippen molar-refractivity contribution >= 4 is 68.5 Å². The zero-order valence-electron chi connectivity index (χ0n) is 24.8. The van der Waals surface area contributed by atoms with Crippen molar-refractivity contribution in [2.45, 2.75) is 93.3 Å². The van der Waals surface area contributed by atoms with Crippen LogP contribution in [0.2, 0.25) is 0 Å². The summed E-state index contributed by atoms with van der Waals surface area (Å²) in [5.41, 5.74) is 7.79. The molecule has 3 aliphatic rings. The van der Waals surface area contributed by atoms with Crippen LogP contribution in [-0.4, -0.2) is 63.5 Å². The highest BCUT2D eigenvalue weighted by Gasteiger charge is 2.31. The predicted molar refractivity (Wildman–Crippen MR) is 181 cm³/mol. The molecule has 0 radical (unpaired) electrons. The highest BCUT2D eigenvalue weighted by atomic mass is 35.5. The van der Waals surface area contributed by atoms with Gasteiger partial charge < -0.3 is 20.9 Å². The fourth-order valence-electron chi connectivity index (χ4n) is 6.89. The summed E-state index contributed by atoms with van der Waals surface area (Å²) in [6, 6.07) is 14.3. The smallest absolute Gasteiger partial charge is 0.243 e. The first-order valence-corrected chi connectivity index (χ1v) is 16.9. The highest BCUT2D eigenvalue weighted by molar-refractivity contribution is 7.89. The second kappa shape index (κ2) is 13.7. The van der Waals surface area contributed by atoms with E-state index in [0.29, 0.717) is 48.9 Å². The molecular formula is C31H42Cl2N8O2S. The summed E-state index contributed by atoms with van der Waals surface area (Å²) in [4.78, 5) is 15.0. The maximum absolute atomic E-state index is 13.5. The number of nitrogens with zero attached hydrogens (tertiary/aromatic N) is 5.